The van der Waals surface area contributed by atoms with Crippen LogP contribution in [0.25, 0.3) is 0 Å². The molecule has 0 aliphatic carbocycles. The molecule has 0 N–H and O–H groups in total. The lowest BCUT2D eigenvalue weighted by Gasteiger charge is -2.19. The SMILES string of the molecule is CCCCCCCC/C=C/CCCCCCCC(=O)OCC(CP(=O)(F)OC)OC(=O)CCCCCCC/C=C/CCCCCCCC. The number of rotatable bonds is 36. The van der Waals surface area contributed by atoms with Crippen molar-refractivity contribution < 1.29 is 32.3 Å². The third-order valence-corrected chi connectivity index (χ3v) is 10.1. The first-order chi connectivity index (χ1) is 23.3. The van der Waals surface area contributed by atoms with Crippen LogP contribution in [0.4, 0.5) is 4.20 Å². The van der Waals surface area contributed by atoms with E-state index in [2.05, 4.69) is 42.7 Å². The smallest absolute Gasteiger partial charge is 0.371 e. The molecule has 0 fully saturated rings. The Morgan fingerprint density at radius 1 is 0.562 bits per heavy atom. The van der Waals surface area contributed by atoms with E-state index >= 15 is 0 Å². The standard InChI is InChI=1S/C40H74FO6P/c1-4-6-8-10-12-14-16-18-20-22-24-26-28-30-32-34-39(42)46-36-38(37-48(41,44)45-3)47-40(43)35-33-31-29-27-25-23-21-19-17-15-13-11-9-7-5-2/h18-21,38H,4-17,22-37H2,1-3H3/b20-18+,21-19+. The number of carbonyl (C=O) groups is 2. The molecule has 8 heteroatoms. The summed E-state index contributed by atoms with van der Waals surface area (Å²) in [5.74, 6) is -0.918. The Bertz CT molecular complexity index is 846. The predicted molar refractivity (Wildman–Crippen MR) is 200 cm³/mol. The Morgan fingerprint density at radius 3 is 1.31 bits per heavy atom. The van der Waals surface area contributed by atoms with E-state index in [1.165, 1.54) is 89.9 Å². The van der Waals surface area contributed by atoms with Gasteiger partial charge in [0.15, 0.2) is 0 Å². The molecule has 0 heterocycles. The second-order valence-electron chi connectivity index (χ2n) is 13.4. The number of allylic oxidation sites excluding steroid dienone is 4. The van der Waals surface area contributed by atoms with Crippen LogP contribution in [0.2, 0.25) is 0 Å². The first-order valence-electron chi connectivity index (χ1n) is 19.8. The zero-order valence-electron chi connectivity index (χ0n) is 31.4. The third kappa shape index (κ3) is 34.4. The van der Waals surface area contributed by atoms with Gasteiger partial charge in [-0.3, -0.25) is 14.2 Å². The summed E-state index contributed by atoms with van der Waals surface area (Å²) in [6.07, 6.45) is 38.3. The Kier molecular flexibility index (Phi) is 34.3. The lowest BCUT2D eigenvalue weighted by atomic mass is 10.1. The number of ether oxygens (including phenoxy) is 2. The molecule has 0 aliphatic heterocycles. The summed E-state index contributed by atoms with van der Waals surface area (Å²) in [5, 5.41) is 0. The fraction of sp³-hybridized carbons (Fsp3) is 0.850. The van der Waals surface area contributed by atoms with Crippen molar-refractivity contribution >= 4 is 19.6 Å². The predicted octanol–water partition coefficient (Wildman–Crippen LogP) is 13.3. The van der Waals surface area contributed by atoms with Gasteiger partial charge in [-0.25, -0.2) is 0 Å². The van der Waals surface area contributed by atoms with E-state index in [9.17, 15) is 18.4 Å². The number of unbranched alkanes of at least 4 members (excludes halogenated alkanes) is 22. The van der Waals surface area contributed by atoms with Crippen molar-refractivity contribution in [3.63, 3.8) is 0 Å². The van der Waals surface area contributed by atoms with E-state index in [1.54, 1.807) is 0 Å². The largest absolute Gasteiger partial charge is 0.462 e. The molecule has 2 atom stereocenters. The minimum Gasteiger partial charge on any atom is -0.462 e. The van der Waals surface area contributed by atoms with E-state index in [1.807, 2.05) is 0 Å². The number of esters is 2. The van der Waals surface area contributed by atoms with Crippen molar-refractivity contribution in [1.29, 1.82) is 0 Å². The van der Waals surface area contributed by atoms with Crippen molar-refractivity contribution in [3.8, 4) is 0 Å². The molecule has 0 radical (unpaired) electrons. The van der Waals surface area contributed by atoms with Gasteiger partial charge in [-0.2, -0.15) is 4.20 Å². The van der Waals surface area contributed by atoms with Crippen molar-refractivity contribution in [2.45, 2.75) is 200 Å². The van der Waals surface area contributed by atoms with Crippen LogP contribution in [-0.4, -0.2) is 37.9 Å². The molecule has 0 amide bonds. The van der Waals surface area contributed by atoms with Gasteiger partial charge in [0.1, 0.15) is 12.7 Å². The first-order valence-corrected chi connectivity index (χ1v) is 21.5. The zero-order valence-corrected chi connectivity index (χ0v) is 32.3. The van der Waals surface area contributed by atoms with E-state index in [4.69, 9.17) is 9.47 Å². The monoisotopic (exact) mass is 701 g/mol. The molecule has 0 aromatic carbocycles. The maximum atomic E-state index is 14.1. The normalized spacial score (nSPS) is 13.7. The molecule has 0 saturated carbocycles. The highest BCUT2D eigenvalue weighted by Gasteiger charge is 2.30. The first kappa shape index (κ1) is 46.5. The quantitative estimate of drug-likeness (QED) is 0.0280. The lowest BCUT2D eigenvalue weighted by Crippen LogP contribution is -2.28. The van der Waals surface area contributed by atoms with E-state index in [0.717, 1.165) is 71.3 Å². The van der Waals surface area contributed by atoms with Gasteiger partial charge in [0.2, 0.25) is 0 Å². The molecule has 0 spiro atoms. The van der Waals surface area contributed by atoms with Crippen LogP contribution in [0.5, 0.6) is 0 Å². The molecule has 0 bridgehead atoms. The molecule has 0 aliphatic rings. The van der Waals surface area contributed by atoms with Crippen molar-refractivity contribution in [2.75, 3.05) is 19.9 Å². The fourth-order valence-electron chi connectivity index (χ4n) is 5.62. The van der Waals surface area contributed by atoms with E-state index < -0.39 is 31.9 Å². The average Bonchev–Trinajstić information content (AvgIpc) is 3.07. The molecule has 0 saturated heterocycles. The Hall–Kier alpha value is -1.46. The summed E-state index contributed by atoms with van der Waals surface area (Å²) in [7, 11) is -3.42. The Balaban J connectivity index is 3.99. The minimum atomic E-state index is -4.44. The summed E-state index contributed by atoms with van der Waals surface area (Å²) < 4.78 is 41.2. The van der Waals surface area contributed by atoms with Crippen LogP contribution in [0, 0.1) is 0 Å². The maximum absolute atomic E-state index is 14.1. The fourth-order valence-corrected chi connectivity index (χ4v) is 6.44. The lowest BCUT2D eigenvalue weighted by molar-refractivity contribution is -0.158. The van der Waals surface area contributed by atoms with Gasteiger partial charge in [0.25, 0.3) is 0 Å². The highest BCUT2D eigenvalue weighted by Crippen LogP contribution is 2.48. The number of hydrogen-bond donors (Lipinski definition) is 0. The van der Waals surface area contributed by atoms with Crippen LogP contribution >= 0.6 is 7.68 Å². The second kappa shape index (κ2) is 35.4. The van der Waals surface area contributed by atoms with Crippen LogP contribution in [0.3, 0.4) is 0 Å². The maximum Gasteiger partial charge on any atom is 0.371 e. The number of carbonyl (C=O) groups excluding carboxylic acids is 2. The summed E-state index contributed by atoms with van der Waals surface area (Å²) in [4.78, 5) is 24.7. The molecule has 6 nitrogen and oxygen atoms in total. The van der Waals surface area contributed by atoms with Gasteiger partial charge in [-0.05, 0) is 64.2 Å². The number of halogens is 1. The molecular weight excluding hydrogens is 626 g/mol. The van der Waals surface area contributed by atoms with Gasteiger partial charge in [-0.15, -0.1) is 0 Å². The van der Waals surface area contributed by atoms with Gasteiger partial charge >= 0.3 is 19.6 Å². The average molecular weight is 701 g/mol. The summed E-state index contributed by atoms with van der Waals surface area (Å²) in [6, 6.07) is 0. The van der Waals surface area contributed by atoms with Crippen LogP contribution in [0.1, 0.15) is 194 Å². The highest BCUT2D eigenvalue weighted by atomic mass is 31.2. The molecule has 0 aromatic heterocycles. The minimum absolute atomic E-state index is 0.196. The van der Waals surface area contributed by atoms with Crippen LogP contribution < -0.4 is 0 Å². The number of hydrogen-bond acceptors (Lipinski definition) is 6. The molecule has 48 heavy (non-hydrogen) atoms. The molecule has 0 rings (SSSR count). The topological polar surface area (TPSA) is 78.9 Å². The molecule has 282 valence electrons. The Labute approximate surface area is 295 Å². The van der Waals surface area contributed by atoms with Crippen molar-refractivity contribution in [2.24, 2.45) is 0 Å². The van der Waals surface area contributed by atoms with Crippen molar-refractivity contribution in [3.05, 3.63) is 24.3 Å². The molecular formula is C40H74FO6P. The van der Waals surface area contributed by atoms with Gasteiger partial charge in [-0.1, -0.05) is 141 Å². The summed E-state index contributed by atoms with van der Waals surface area (Å²) >= 11 is 0. The van der Waals surface area contributed by atoms with Crippen LogP contribution in [-0.2, 0) is 28.2 Å². The zero-order chi connectivity index (χ0) is 35.4. The van der Waals surface area contributed by atoms with Gasteiger partial charge in [0.05, 0.1) is 6.16 Å². The van der Waals surface area contributed by atoms with Crippen LogP contribution in [0.15, 0.2) is 24.3 Å². The summed E-state index contributed by atoms with van der Waals surface area (Å²) in [5.41, 5.74) is 0. The van der Waals surface area contributed by atoms with Crippen molar-refractivity contribution in [1.82, 2.24) is 0 Å². The molecule has 2 unspecified atom stereocenters. The molecule has 0 aromatic rings. The van der Waals surface area contributed by atoms with E-state index in [-0.39, 0.29) is 19.4 Å². The summed E-state index contributed by atoms with van der Waals surface area (Å²) in [6.45, 7) is 4.17. The second-order valence-corrected chi connectivity index (χ2v) is 15.3. The van der Waals surface area contributed by atoms with E-state index in [0.29, 0.717) is 12.8 Å². The van der Waals surface area contributed by atoms with Gasteiger partial charge < -0.3 is 14.0 Å². The highest BCUT2D eigenvalue weighted by molar-refractivity contribution is 7.53. The Morgan fingerprint density at radius 2 is 0.917 bits per heavy atom. The third-order valence-electron chi connectivity index (χ3n) is 8.71. The van der Waals surface area contributed by atoms with Gasteiger partial charge in [0, 0.05) is 20.0 Å².